The van der Waals surface area contributed by atoms with E-state index in [-0.39, 0.29) is 10.5 Å². The van der Waals surface area contributed by atoms with Crippen LogP contribution in [0.5, 0.6) is 0 Å². The predicted molar refractivity (Wildman–Crippen MR) is 126 cm³/mol. The molecule has 0 saturated carbocycles. The highest BCUT2D eigenvalue weighted by atomic mass is 32.2. The van der Waals surface area contributed by atoms with Crippen LogP contribution in [0.4, 0.5) is 0 Å². The minimum absolute atomic E-state index is 0.0859. The van der Waals surface area contributed by atoms with Crippen LogP contribution in [-0.4, -0.2) is 31.8 Å². The van der Waals surface area contributed by atoms with E-state index >= 15 is 0 Å². The molecule has 34 heavy (non-hydrogen) atoms. The van der Waals surface area contributed by atoms with Gasteiger partial charge in [0.1, 0.15) is 4.90 Å². The maximum atomic E-state index is 11.3. The number of hydrogen-bond acceptors (Lipinski definition) is 6. The molecule has 11 heteroatoms. The Morgan fingerprint density at radius 1 is 0.647 bits per heavy atom. The Balaban J connectivity index is 0.000000192. The highest BCUT2D eigenvalue weighted by Crippen LogP contribution is 2.29. The third-order valence-corrected chi connectivity index (χ3v) is 6.12. The molecular weight excluding hydrogens is 480 g/mol. The summed E-state index contributed by atoms with van der Waals surface area (Å²) < 4.78 is 62.3. The normalized spacial score (nSPS) is 13.8. The molecule has 0 fully saturated rings. The number of carbonyl (C=O) groups excluding carboxylic acids is 1. The summed E-state index contributed by atoms with van der Waals surface area (Å²) in [7, 11) is -8.72. The number of azo groups is 1. The second-order valence-corrected chi connectivity index (χ2v) is 9.51. The monoisotopic (exact) mass is 498 g/mol. The van der Waals surface area contributed by atoms with Gasteiger partial charge in [0.25, 0.3) is 16.0 Å². The van der Waals surface area contributed by atoms with E-state index in [0.717, 1.165) is 5.56 Å². The van der Waals surface area contributed by atoms with Crippen molar-refractivity contribution in [3.8, 4) is 0 Å². The minimum atomic E-state index is -4.53. The molecule has 1 aliphatic heterocycles. The molecule has 1 aliphatic rings. The van der Waals surface area contributed by atoms with Gasteiger partial charge in [0, 0.05) is 0 Å². The number of hydrogen-bond donors (Lipinski definition) is 2. The molecule has 3 aromatic carbocycles. The lowest BCUT2D eigenvalue weighted by Crippen LogP contribution is -2.03. The first-order chi connectivity index (χ1) is 16.1. The van der Waals surface area contributed by atoms with Crippen LogP contribution in [0.1, 0.15) is 16.7 Å². The molecule has 0 spiro atoms. The van der Waals surface area contributed by atoms with Gasteiger partial charge in [-0.05, 0) is 22.8 Å². The quantitative estimate of drug-likeness (QED) is 0.392. The van der Waals surface area contributed by atoms with Gasteiger partial charge in [0.15, 0.2) is 0 Å². The fourth-order valence-electron chi connectivity index (χ4n) is 2.92. The highest BCUT2D eigenvalue weighted by Gasteiger charge is 2.30. The lowest BCUT2D eigenvalue weighted by molar-refractivity contribution is -0.112. The lowest BCUT2D eigenvalue weighted by Gasteiger charge is -2.01. The Morgan fingerprint density at radius 2 is 1.21 bits per heavy atom. The Labute approximate surface area is 196 Å². The number of rotatable bonds is 5. The van der Waals surface area contributed by atoms with E-state index in [9.17, 15) is 21.6 Å². The Bertz CT molecular complexity index is 1500. The molecule has 9 nitrogen and oxygen atoms in total. The molecule has 4 rings (SSSR count). The number of benzene rings is 3. The van der Waals surface area contributed by atoms with Crippen LogP contribution in [0.2, 0.25) is 0 Å². The molecule has 1 amide bonds. The van der Waals surface area contributed by atoms with Crippen molar-refractivity contribution in [1.29, 1.82) is 0 Å². The molecule has 1 heterocycles. The summed E-state index contributed by atoms with van der Waals surface area (Å²) in [6, 6.07) is 23.9. The molecular formula is C23H18N2O7S2. The number of carbonyl (C=O) groups is 1. The van der Waals surface area contributed by atoms with E-state index in [1.165, 1.54) is 18.2 Å². The zero-order valence-corrected chi connectivity index (χ0v) is 19.0. The molecule has 0 saturated heterocycles. The van der Waals surface area contributed by atoms with Crippen LogP contribution in [0, 0.1) is 0 Å². The van der Waals surface area contributed by atoms with E-state index in [4.69, 9.17) is 9.11 Å². The average Bonchev–Trinajstić information content (AvgIpc) is 3.21. The maximum Gasteiger partial charge on any atom is 0.314 e. The Kier molecular flexibility index (Phi) is 7.64. The van der Waals surface area contributed by atoms with Gasteiger partial charge in [-0.2, -0.15) is 16.8 Å². The molecule has 0 bridgehead atoms. The number of amides is 1. The van der Waals surface area contributed by atoms with Gasteiger partial charge in [0.2, 0.25) is 5.03 Å². The summed E-state index contributed by atoms with van der Waals surface area (Å²) in [6.07, 6.45) is 3.46. The van der Waals surface area contributed by atoms with Gasteiger partial charge in [-0.1, -0.05) is 91.0 Å². The van der Waals surface area contributed by atoms with Gasteiger partial charge in [-0.15, -0.1) is 10.2 Å². The van der Waals surface area contributed by atoms with Gasteiger partial charge in [-0.3, -0.25) is 13.9 Å². The van der Waals surface area contributed by atoms with Crippen molar-refractivity contribution >= 4 is 43.9 Å². The summed E-state index contributed by atoms with van der Waals surface area (Å²) in [5.41, 5.74) is 1.57. The molecule has 0 aliphatic carbocycles. The van der Waals surface area contributed by atoms with Crippen molar-refractivity contribution < 1.29 is 30.7 Å². The Morgan fingerprint density at radius 3 is 1.79 bits per heavy atom. The third kappa shape index (κ3) is 6.39. The Hall–Kier alpha value is -3.77. The molecule has 0 atom stereocenters. The van der Waals surface area contributed by atoms with Crippen LogP contribution in [0.3, 0.4) is 0 Å². The van der Waals surface area contributed by atoms with Crippen LogP contribution in [-0.2, 0) is 25.0 Å². The fourth-order valence-corrected chi connectivity index (χ4v) is 4.21. The molecule has 174 valence electrons. The van der Waals surface area contributed by atoms with Crippen molar-refractivity contribution in [1.82, 2.24) is 0 Å². The molecule has 0 unspecified atom stereocenters. The van der Waals surface area contributed by atoms with E-state index in [2.05, 4.69) is 10.2 Å². The molecule has 3 aromatic rings. The van der Waals surface area contributed by atoms with Crippen LogP contribution < -0.4 is 0 Å². The topological polar surface area (TPSA) is 151 Å². The minimum Gasteiger partial charge on any atom is -0.282 e. The van der Waals surface area contributed by atoms with Gasteiger partial charge in [-0.25, -0.2) is 0 Å². The van der Waals surface area contributed by atoms with Gasteiger partial charge in [0.05, 0.1) is 5.57 Å². The van der Waals surface area contributed by atoms with Crippen LogP contribution in [0.25, 0.3) is 17.7 Å². The SMILES string of the molecule is O=C1N=NC(S(=O)(=O)O)=C1c1ccccc1.O=S(=O)(O)c1ccccc1C=Cc1ccccc1. The smallest absolute Gasteiger partial charge is 0.282 e. The zero-order chi connectivity index (χ0) is 24.8. The van der Waals surface area contributed by atoms with Crippen LogP contribution >= 0.6 is 0 Å². The van der Waals surface area contributed by atoms with Crippen molar-refractivity contribution in [3.05, 3.63) is 107 Å². The zero-order valence-electron chi connectivity index (χ0n) is 17.4. The van der Waals surface area contributed by atoms with Crippen molar-refractivity contribution in [2.75, 3.05) is 0 Å². The lowest BCUT2D eigenvalue weighted by atomic mass is 10.1. The first-order valence-electron chi connectivity index (χ1n) is 9.60. The summed E-state index contributed by atoms with van der Waals surface area (Å²) in [5.74, 6) is -0.779. The summed E-state index contributed by atoms with van der Waals surface area (Å²) >= 11 is 0. The standard InChI is InChI=1S/C14H12O3S.C9H6N2O4S/c15-18(16,17)14-9-5-4-8-13(14)11-10-12-6-2-1-3-7-12;12-8-7(6-4-2-1-3-5-6)9(11-10-8)16(13,14)15/h1-11H,(H,15,16,17);1-5H,(H,13,14,15). The van der Waals surface area contributed by atoms with E-state index < -0.39 is 31.2 Å². The molecule has 2 N–H and O–H groups in total. The van der Waals surface area contributed by atoms with Crippen molar-refractivity contribution in [3.63, 3.8) is 0 Å². The summed E-state index contributed by atoms with van der Waals surface area (Å²) in [5, 5.41) is 5.57. The summed E-state index contributed by atoms with van der Waals surface area (Å²) in [4.78, 5) is 11.3. The second-order valence-electron chi connectivity index (χ2n) is 6.78. The van der Waals surface area contributed by atoms with E-state index in [0.29, 0.717) is 11.1 Å². The first kappa shape index (κ1) is 24.9. The number of nitrogens with zero attached hydrogens (tertiary/aromatic N) is 2. The largest absolute Gasteiger partial charge is 0.314 e. The highest BCUT2D eigenvalue weighted by molar-refractivity contribution is 7.90. The fraction of sp³-hybridized carbons (Fsp3) is 0. The summed E-state index contributed by atoms with van der Waals surface area (Å²) in [6.45, 7) is 0. The van der Waals surface area contributed by atoms with Gasteiger partial charge >= 0.3 is 10.1 Å². The van der Waals surface area contributed by atoms with Gasteiger partial charge < -0.3 is 0 Å². The molecule has 0 aromatic heterocycles. The first-order valence-corrected chi connectivity index (χ1v) is 12.5. The average molecular weight is 499 g/mol. The predicted octanol–water partition coefficient (Wildman–Crippen LogP) is 4.34. The van der Waals surface area contributed by atoms with Crippen molar-refractivity contribution in [2.45, 2.75) is 4.90 Å². The van der Waals surface area contributed by atoms with Crippen molar-refractivity contribution in [2.24, 2.45) is 10.2 Å². The molecule has 0 radical (unpaired) electrons. The maximum absolute atomic E-state index is 11.3. The second kappa shape index (κ2) is 10.4. The third-order valence-electron chi connectivity index (χ3n) is 4.42. The van der Waals surface area contributed by atoms with E-state index in [1.807, 2.05) is 30.3 Å². The van der Waals surface area contributed by atoms with Crippen LogP contribution in [0.15, 0.2) is 105 Å². The van der Waals surface area contributed by atoms with E-state index in [1.54, 1.807) is 48.6 Å².